The van der Waals surface area contributed by atoms with Crippen molar-refractivity contribution in [2.24, 2.45) is 0 Å². The van der Waals surface area contributed by atoms with E-state index < -0.39 is 16.1 Å². The van der Waals surface area contributed by atoms with E-state index in [9.17, 15) is 13.2 Å². The average Bonchev–Trinajstić information content (AvgIpc) is 3.18. The van der Waals surface area contributed by atoms with Gasteiger partial charge < -0.3 is 9.64 Å². The predicted molar refractivity (Wildman–Crippen MR) is 117 cm³/mol. The second-order valence-corrected chi connectivity index (χ2v) is 10.0. The Morgan fingerprint density at radius 3 is 2.53 bits per heavy atom. The van der Waals surface area contributed by atoms with Crippen molar-refractivity contribution in [3.8, 4) is 5.75 Å². The number of hydrogen-bond acceptors (Lipinski definition) is 4. The van der Waals surface area contributed by atoms with E-state index in [4.69, 9.17) is 16.3 Å². The van der Waals surface area contributed by atoms with Crippen LogP contribution in [0.25, 0.3) is 0 Å². The fourth-order valence-electron chi connectivity index (χ4n) is 4.02. The number of fused-ring (bicyclic) bond motifs is 1. The first kappa shape index (κ1) is 21.2. The number of nitrogens with zero attached hydrogens (tertiary/aromatic N) is 2. The Balaban J connectivity index is 1.52. The van der Waals surface area contributed by atoms with Crippen molar-refractivity contribution in [1.82, 2.24) is 4.31 Å². The summed E-state index contributed by atoms with van der Waals surface area (Å²) in [4.78, 5) is 14.9. The fourth-order valence-corrected chi connectivity index (χ4v) is 5.77. The Morgan fingerprint density at radius 2 is 1.80 bits per heavy atom. The van der Waals surface area contributed by atoms with Crippen LogP contribution < -0.4 is 9.64 Å². The summed E-state index contributed by atoms with van der Waals surface area (Å²) in [6, 6.07) is 12.1. The Kier molecular flexibility index (Phi) is 6.04. The van der Waals surface area contributed by atoms with Gasteiger partial charge in [0.25, 0.3) is 5.91 Å². The van der Waals surface area contributed by atoms with Gasteiger partial charge >= 0.3 is 0 Å². The molecule has 0 N–H and O–H groups in total. The van der Waals surface area contributed by atoms with Crippen LogP contribution in [-0.4, -0.2) is 44.4 Å². The van der Waals surface area contributed by atoms with Crippen molar-refractivity contribution < 1.29 is 17.9 Å². The molecule has 6 nitrogen and oxygen atoms in total. The summed E-state index contributed by atoms with van der Waals surface area (Å²) in [6.07, 6.45) is 2.77. The summed E-state index contributed by atoms with van der Waals surface area (Å²) in [5.74, 6) is 0.280. The van der Waals surface area contributed by atoms with Gasteiger partial charge in [0, 0.05) is 25.3 Å². The largest absolute Gasteiger partial charge is 0.479 e. The average molecular weight is 449 g/mol. The summed E-state index contributed by atoms with van der Waals surface area (Å²) in [6.45, 7) is 3.33. The maximum atomic E-state index is 13.0. The van der Waals surface area contributed by atoms with E-state index in [-0.39, 0.29) is 5.91 Å². The van der Waals surface area contributed by atoms with Crippen LogP contribution in [0.4, 0.5) is 5.69 Å². The van der Waals surface area contributed by atoms with Crippen LogP contribution in [0.2, 0.25) is 5.02 Å². The third-order valence-electron chi connectivity index (χ3n) is 5.65. The first-order chi connectivity index (χ1) is 14.4. The lowest BCUT2D eigenvalue weighted by molar-refractivity contribution is -0.124. The van der Waals surface area contributed by atoms with Crippen LogP contribution in [-0.2, 0) is 21.2 Å². The molecular weight excluding hydrogens is 424 g/mol. The number of amides is 1. The lowest BCUT2D eigenvalue weighted by Gasteiger charge is -2.26. The summed E-state index contributed by atoms with van der Waals surface area (Å²) < 4.78 is 33.2. The molecule has 2 heterocycles. The minimum absolute atomic E-state index is 0.180. The van der Waals surface area contributed by atoms with Crippen LogP contribution >= 0.6 is 11.6 Å². The lowest BCUT2D eigenvalue weighted by Crippen LogP contribution is -2.39. The standard InChI is InChI=1S/C22H25ClN2O4S/c1-16(29-21-8-4-3-7-19(21)23)22(26)25-14-11-17-15-18(9-10-20(17)25)30(27,28)24-12-5-2-6-13-24/h3-4,7-10,15-16H,2,5-6,11-14H2,1H3. The first-order valence-electron chi connectivity index (χ1n) is 10.2. The molecule has 1 saturated heterocycles. The van der Waals surface area contributed by atoms with Gasteiger partial charge in [-0.1, -0.05) is 30.2 Å². The maximum Gasteiger partial charge on any atom is 0.267 e. The van der Waals surface area contributed by atoms with Gasteiger partial charge in [0.05, 0.1) is 9.92 Å². The molecule has 0 spiro atoms. The molecule has 1 fully saturated rings. The lowest BCUT2D eigenvalue weighted by atomic mass is 10.2. The molecule has 0 radical (unpaired) electrons. The van der Waals surface area contributed by atoms with Crippen LogP contribution in [0.1, 0.15) is 31.7 Å². The molecule has 2 aliphatic rings. The minimum Gasteiger partial charge on any atom is -0.479 e. The monoisotopic (exact) mass is 448 g/mol. The number of rotatable bonds is 5. The van der Waals surface area contributed by atoms with Crippen molar-refractivity contribution in [2.75, 3.05) is 24.5 Å². The van der Waals surface area contributed by atoms with Crippen molar-refractivity contribution in [3.63, 3.8) is 0 Å². The minimum atomic E-state index is -3.49. The molecule has 0 saturated carbocycles. The third kappa shape index (κ3) is 4.06. The molecular formula is C22H25ClN2O4S. The Morgan fingerprint density at radius 1 is 1.07 bits per heavy atom. The number of sulfonamides is 1. The molecule has 2 aromatic rings. The van der Waals surface area contributed by atoms with Gasteiger partial charge in [-0.25, -0.2) is 8.42 Å². The summed E-state index contributed by atoms with van der Waals surface area (Å²) in [7, 11) is -3.49. The van der Waals surface area contributed by atoms with E-state index in [0.717, 1.165) is 30.5 Å². The van der Waals surface area contributed by atoms with Crippen molar-refractivity contribution in [2.45, 2.75) is 43.6 Å². The number of benzene rings is 2. The Labute approximate surface area is 182 Å². The molecule has 30 heavy (non-hydrogen) atoms. The van der Waals surface area contributed by atoms with Gasteiger partial charge in [-0.05, 0) is 62.1 Å². The van der Waals surface area contributed by atoms with Gasteiger partial charge in [0.15, 0.2) is 6.10 Å². The topological polar surface area (TPSA) is 66.9 Å². The zero-order valence-corrected chi connectivity index (χ0v) is 18.5. The summed E-state index contributed by atoms with van der Waals surface area (Å²) in [5, 5.41) is 0.450. The number of para-hydroxylation sites is 1. The van der Waals surface area contributed by atoms with Gasteiger partial charge in [-0.3, -0.25) is 4.79 Å². The van der Waals surface area contributed by atoms with E-state index in [1.807, 2.05) is 0 Å². The number of piperidine rings is 1. The van der Waals surface area contributed by atoms with Crippen LogP contribution in [0.5, 0.6) is 5.75 Å². The molecule has 0 bridgehead atoms. The number of ether oxygens (including phenoxy) is 1. The van der Waals surface area contributed by atoms with E-state index in [1.165, 1.54) is 0 Å². The highest BCUT2D eigenvalue weighted by Gasteiger charge is 2.32. The predicted octanol–water partition coefficient (Wildman–Crippen LogP) is 3.87. The van der Waals surface area contributed by atoms with Crippen LogP contribution in [0, 0.1) is 0 Å². The highest BCUT2D eigenvalue weighted by molar-refractivity contribution is 7.89. The Bertz CT molecular complexity index is 1050. The van der Waals surface area contributed by atoms with Crippen molar-refractivity contribution in [1.29, 1.82) is 0 Å². The zero-order valence-electron chi connectivity index (χ0n) is 16.9. The smallest absolute Gasteiger partial charge is 0.267 e. The Hall–Kier alpha value is -2.09. The first-order valence-corrected chi connectivity index (χ1v) is 12.1. The second-order valence-electron chi connectivity index (χ2n) is 7.69. The number of halogens is 1. The van der Waals surface area contributed by atoms with Gasteiger partial charge in [0.2, 0.25) is 10.0 Å². The molecule has 0 aliphatic carbocycles. The van der Waals surface area contributed by atoms with Crippen molar-refractivity contribution in [3.05, 3.63) is 53.1 Å². The molecule has 2 aliphatic heterocycles. The molecule has 160 valence electrons. The summed E-state index contributed by atoms with van der Waals surface area (Å²) >= 11 is 6.13. The normalized spacial score (nSPS) is 18.1. The third-order valence-corrected chi connectivity index (χ3v) is 7.86. The molecule has 8 heteroatoms. The maximum absolute atomic E-state index is 13.0. The quantitative estimate of drug-likeness (QED) is 0.696. The fraction of sp³-hybridized carbons (Fsp3) is 0.409. The van der Waals surface area contributed by atoms with E-state index in [1.54, 1.807) is 58.6 Å². The number of anilines is 1. The van der Waals surface area contributed by atoms with E-state index in [0.29, 0.717) is 41.7 Å². The number of carbonyl (C=O) groups is 1. The van der Waals surface area contributed by atoms with Crippen LogP contribution in [0.3, 0.4) is 0 Å². The van der Waals surface area contributed by atoms with Gasteiger partial charge in [-0.15, -0.1) is 0 Å². The molecule has 2 aromatic carbocycles. The SMILES string of the molecule is CC(Oc1ccccc1Cl)C(=O)N1CCc2cc(S(=O)(=O)N3CCCCC3)ccc21. The van der Waals surface area contributed by atoms with E-state index >= 15 is 0 Å². The highest BCUT2D eigenvalue weighted by atomic mass is 35.5. The summed E-state index contributed by atoms with van der Waals surface area (Å²) in [5.41, 5.74) is 1.61. The zero-order chi connectivity index (χ0) is 21.3. The molecule has 1 atom stereocenters. The molecule has 4 rings (SSSR count). The number of carbonyl (C=O) groups excluding carboxylic acids is 1. The van der Waals surface area contributed by atoms with Crippen LogP contribution in [0.15, 0.2) is 47.4 Å². The van der Waals surface area contributed by atoms with Crippen molar-refractivity contribution >= 4 is 33.2 Å². The molecule has 0 aromatic heterocycles. The number of hydrogen-bond donors (Lipinski definition) is 0. The van der Waals surface area contributed by atoms with Gasteiger partial charge in [-0.2, -0.15) is 4.31 Å². The van der Waals surface area contributed by atoms with Gasteiger partial charge in [0.1, 0.15) is 5.75 Å². The molecule has 1 amide bonds. The molecule has 1 unspecified atom stereocenters. The second kappa shape index (κ2) is 8.57. The van der Waals surface area contributed by atoms with E-state index in [2.05, 4.69) is 0 Å². The highest BCUT2D eigenvalue weighted by Crippen LogP contribution is 2.33.